The quantitative estimate of drug-likeness (QED) is 0.168. The Hall–Kier alpha value is -4.80. The first-order chi connectivity index (χ1) is 20.6. The van der Waals surface area contributed by atoms with Gasteiger partial charge in [0.25, 0.3) is 17.7 Å². The van der Waals surface area contributed by atoms with Crippen LogP contribution in [0.4, 0.5) is 0 Å². The van der Waals surface area contributed by atoms with Gasteiger partial charge < -0.3 is 15.5 Å². The Balaban J connectivity index is 1.48. The van der Waals surface area contributed by atoms with Crippen molar-refractivity contribution in [2.75, 3.05) is 0 Å². The van der Waals surface area contributed by atoms with Gasteiger partial charge in [-0.05, 0) is 80.1 Å². The number of hydrazine groups is 1. The van der Waals surface area contributed by atoms with Crippen LogP contribution in [-0.2, 0) is 24.2 Å². The number of carbonyl (C=O) groups is 4. The van der Waals surface area contributed by atoms with Gasteiger partial charge in [0.1, 0.15) is 11.8 Å². The maximum Gasteiger partial charge on any atom is 0.322 e. The molecule has 0 spiro atoms. The highest BCUT2D eigenvalue weighted by atomic mass is 35.5. The van der Waals surface area contributed by atoms with Gasteiger partial charge in [-0.2, -0.15) is 0 Å². The van der Waals surface area contributed by atoms with Crippen molar-refractivity contribution in [2.45, 2.75) is 45.2 Å². The van der Waals surface area contributed by atoms with E-state index in [1.54, 1.807) is 30.3 Å². The summed E-state index contributed by atoms with van der Waals surface area (Å²) in [5, 5.41) is 23.1. The first-order valence-corrected chi connectivity index (χ1v) is 14.2. The van der Waals surface area contributed by atoms with Crippen LogP contribution in [-0.4, -0.2) is 49.9 Å². The number of phenols is 1. The number of aliphatic carboxylic acids is 1. The number of nitrogens with one attached hydrogen (secondary N) is 2. The van der Waals surface area contributed by atoms with Gasteiger partial charge in [-0.1, -0.05) is 41.9 Å². The second-order valence-corrected chi connectivity index (χ2v) is 10.7. The molecule has 0 fully saturated rings. The van der Waals surface area contributed by atoms with Gasteiger partial charge in [0.2, 0.25) is 0 Å². The van der Waals surface area contributed by atoms with E-state index in [4.69, 9.17) is 16.6 Å². The van der Waals surface area contributed by atoms with Gasteiger partial charge in [-0.25, -0.2) is 10.4 Å². The van der Waals surface area contributed by atoms with Crippen LogP contribution >= 0.6 is 11.6 Å². The van der Waals surface area contributed by atoms with Gasteiger partial charge >= 0.3 is 5.97 Å². The van der Waals surface area contributed by atoms with E-state index in [9.17, 15) is 29.4 Å². The zero-order valence-corrected chi connectivity index (χ0v) is 24.0. The van der Waals surface area contributed by atoms with Crippen LogP contribution in [0.15, 0.2) is 66.7 Å². The Morgan fingerprint density at radius 2 is 1.74 bits per heavy atom. The number of hydrogen-bond acceptors (Lipinski definition) is 7. The van der Waals surface area contributed by atoms with Crippen LogP contribution in [0, 0.1) is 0 Å². The first-order valence-electron chi connectivity index (χ1n) is 13.8. The monoisotopic (exact) mass is 600 g/mol. The van der Waals surface area contributed by atoms with Crippen LogP contribution in [0.5, 0.6) is 5.75 Å². The highest BCUT2D eigenvalue weighted by Gasteiger charge is 2.33. The minimum absolute atomic E-state index is 0.0721. The molecule has 5 rings (SSSR count). The molecule has 1 atom stereocenters. The number of amides is 3. The van der Waals surface area contributed by atoms with Crippen LogP contribution < -0.4 is 10.7 Å². The molecule has 4 N–H and O–H groups in total. The molecule has 1 heterocycles. The topological polar surface area (TPSA) is 149 Å². The third kappa shape index (κ3) is 6.35. The molecule has 4 aromatic rings. The zero-order valence-electron chi connectivity index (χ0n) is 23.3. The molecular formula is C32H29ClN4O6. The van der Waals surface area contributed by atoms with Crippen molar-refractivity contribution in [3.05, 3.63) is 105 Å². The minimum Gasteiger partial charge on any atom is -0.508 e. The summed E-state index contributed by atoms with van der Waals surface area (Å²) in [5.41, 5.74) is 5.71. The number of carboxylic acid groups (broad SMARTS) is 1. The number of pyridine rings is 1. The standard InChI is InChI=1S/C32H29ClN4O6/c1-18(32(42)43)36-37(31(41)28-23-9-2-4-11-26(23)35-27-12-5-3-10-24(27)28)30(40)22-14-13-20(16-25(22)33)29(39)34-17-19-7-6-8-21(38)15-19/h2,4,6-9,11,13-16,18,36,38H,3,5,10,12,17H2,1H3,(H,34,39)(H,42,43)/t18-/m0/s1. The summed E-state index contributed by atoms with van der Waals surface area (Å²) in [7, 11) is 0. The largest absolute Gasteiger partial charge is 0.508 e. The molecule has 220 valence electrons. The molecule has 0 saturated heterocycles. The van der Waals surface area contributed by atoms with Crippen LogP contribution in [0.2, 0.25) is 5.02 Å². The molecule has 0 unspecified atom stereocenters. The molecule has 0 bridgehead atoms. The number of hydrogen-bond donors (Lipinski definition) is 4. The van der Waals surface area contributed by atoms with Crippen LogP contribution in [0.1, 0.15) is 67.7 Å². The van der Waals surface area contributed by atoms with E-state index in [1.807, 2.05) is 6.07 Å². The number of para-hydroxylation sites is 1. The smallest absolute Gasteiger partial charge is 0.322 e. The average Bonchev–Trinajstić information content (AvgIpc) is 3.00. The van der Waals surface area contributed by atoms with Crippen LogP contribution in [0.3, 0.4) is 0 Å². The summed E-state index contributed by atoms with van der Waals surface area (Å²) in [4.78, 5) is 57.4. The third-order valence-corrected chi connectivity index (χ3v) is 7.62. The lowest BCUT2D eigenvalue weighted by atomic mass is 9.89. The lowest BCUT2D eigenvalue weighted by Gasteiger charge is -2.27. The third-order valence-electron chi connectivity index (χ3n) is 7.31. The van der Waals surface area contributed by atoms with Crippen LogP contribution in [0.25, 0.3) is 10.9 Å². The number of phenolic OH excluding ortho intramolecular Hbond substituents is 1. The lowest BCUT2D eigenvalue weighted by molar-refractivity contribution is -0.139. The number of carbonyl (C=O) groups excluding carboxylic acids is 3. The summed E-state index contributed by atoms with van der Waals surface area (Å²) in [5.74, 6) is -3.26. The number of rotatable bonds is 8. The van der Waals surface area contributed by atoms with Crippen molar-refractivity contribution < 1.29 is 29.4 Å². The number of nitrogens with zero attached hydrogens (tertiary/aromatic N) is 2. The SMILES string of the molecule is C[C@H](NN(C(=O)c1ccc(C(=O)NCc2cccc(O)c2)cc1Cl)C(=O)c1c2c(nc3ccccc13)CCCC2)C(=O)O. The van der Waals surface area contributed by atoms with Crippen molar-refractivity contribution in [2.24, 2.45) is 0 Å². The van der Waals surface area contributed by atoms with Crippen molar-refractivity contribution in [1.29, 1.82) is 0 Å². The Morgan fingerprint density at radius 1 is 0.977 bits per heavy atom. The molecule has 1 aromatic heterocycles. The summed E-state index contributed by atoms with van der Waals surface area (Å²) in [6.45, 7) is 1.46. The Labute approximate surface area is 252 Å². The highest BCUT2D eigenvalue weighted by molar-refractivity contribution is 6.34. The molecule has 1 aliphatic rings. The fourth-order valence-electron chi connectivity index (χ4n) is 5.09. The molecule has 0 radical (unpaired) electrons. The Morgan fingerprint density at radius 3 is 2.49 bits per heavy atom. The molecule has 43 heavy (non-hydrogen) atoms. The summed E-state index contributed by atoms with van der Waals surface area (Å²) in [6.07, 6.45) is 3.05. The number of aromatic hydroxyl groups is 1. The van der Waals surface area contributed by atoms with E-state index >= 15 is 0 Å². The first kappa shape index (κ1) is 29.7. The minimum atomic E-state index is -1.29. The normalized spacial score (nSPS) is 13.2. The van der Waals surface area contributed by atoms with E-state index in [1.165, 1.54) is 37.3 Å². The predicted molar refractivity (Wildman–Crippen MR) is 160 cm³/mol. The lowest BCUT2D eigenvalue weighted by Crippen LogP contribution is -2.53. The van der Waals surface area contributed by atoms with Gasteiger partial charge in [0.15, 0.2) is 0 Å². The van der Waals surface area contributed by atoms with Gasteiger partial charge in [-0.15, -0.1) is 0 Å². The van der Waals surface area contributed by atoms with Gasteiger partial charge in [0.05, 0.1) is 21.7 Å². The molecule has 3 amide bonds. The number of carboxylic acids is 1. The van der Waals surface area contributed by atoms with Crippen molar-refractivity contribution in [3.63, 3.8) is 0 Å². The molecule has 0 aliphatic heterocycles. The van der Waals surface area contributed by atoms with E-state index < -0.39 is 29.7 Å². The predicted octanol–water partition coefficient (Wildman–Crippen LogP) is 4.66. The number of benzene rings is 3. The van der Waals surface area contributed by atoms with Gasteiger partial charge in [-0.3, -0.25) is 24.2 Å². The second-order valence-electron chi connectivity index (χ2n) is 10.3. The molecule has 10 nitrogen and oxygen atoms in total. The summed E-state index contributed by atoms with van der Waals surface area (Å²) >= 11 is 6.48. The van der Waals surface area contributed by atoms with Crippen molar-refractivity contribution in [3.8, 4) is 5.75 Å². The fraction of sp³-hybridized carbons (Fsp3) is 0.219. The number of fused-ring (bicyclic) bond motifs is 2. The maximum absolute atomic E-state index is 14.2. The Bertz CT molecular complexity index is 1760. The zero-order chi connectivity index (χ0) is 30.7. The number of imide groups is 1. The highest BCUT2D eigenvalue weighted by Crippen LogP contribution is 2.31. The fourth-order valence-corrected chi connectivity index (χ4v) is 5.35. The van der Waals surface area contributed by atoms with E-state index in [0.29, 0.717) is 34.3 Å². The van der Waals surface area contributed by atoms with Crippen molar-refractivity contribution >= 4 is 46.2 Å². The molecular weight excluding hydrogens is 572 g/mol. The Kier molecular flexibility index (Phi) is 8.70. The number of aryl methyl sites for hydroxylation is 1. The average molecular weight is 601 g/mol. The maximum atomic E-state index is 14.2. The number of halogens is 1. The van der Waals surface area contributed by atoms with E-state index in [2.05, 4.69) is 10.7 Å². The molecule has 1 aliphatic carbocycles. The summed E-state index contributed by atoms with van der Waals surface area (Å²) in [6, 6.07) is 16.3. The molecule has 11 heteroatoms. The second kappa shape index (κ2) is 12.6. The van der Waals surface area contributed by atoms with Gasteiger partial charge in [0, 0.05) is 23.2 Å². The molecule has 0 saturated carbocycles. The van der Waals surface area contributed by atoms with E-state index in [0.717, 1.165) is 24.1 Å². The van der Waals surface area contributed by atoms with Crippen molar-refractivity contribution in [1.82, 2.24) is 20.7 Å². The molecule has 3 aromatic carbocycles. The van der Waals surface area contributed by atoms with E-state index in [-0.39, 0.29) is 34.0 Å². The summed E-state index contributed by atoms with van der Waals surface area (Å²) < 4.78 is 0. The number of aromatic nitrogens is 1.